The van der Waals surface area contributed by atoms with Crippen molar-refractivity contribution in [1.29, 1.82) is 0 Å². The lowest BCUT2D eigenvalue weighted by Crippen LogP contribution is -2.56. The Morgan fingerprint density at radius 1 is 1.50 bits per heavy atom. The first-order chi connectivity index (χ1) is 12.3. The summed E-state index contributed by atoms with van der Waals surface area (Å²) in [5, 5.41) is 3.16. The minimum absolute atomic E-state index is 0.154. The van der Waals surface area contributed by atoms with Gasteiger partial charge in [0.1, 0.15) is 0 Å². The summed E-state index contributed by atoms with van der Waals surface area (Å²) in [5.74, 6) is -0.935. The molecule has 2 amide bonds. The van der Waals surface area contributed by atoms with Crippen LogP contribution in [0.2, 0.25) is 5.02 Å². The topological polar surface area (TPSA) is 111 Å². The van der Waals surface area contributed by atoms with Crippen LogP contribution in [0.25, 0.3) is 0 Å². The third-order valence-corrected chi connectivity index (χ3v) is 4.93. The van der Waals surface area contributed by atoms with Crippen LogP contribution < -0.4 is 11.1 Å². The molecule has 3 rings (SSSR count). The van der Waals surface area contributed by atoms with E-state index in [2.05, 4.69) is 10.1 Å². The van der Waals surface area contributed by atoms with Crippen molar-refractivity contribution in [3.8, 4) is 0 Å². The number of hydrogen-bond acceptors (Lipinski definition) is 6. The van der Waals surface area contributed by atoms with Gasteiger partial charge in [0.2, 0.25) is 5.91 Å². The molecule has 1 aromatic carbocycles. The molecule has 2 heterocycles. The Labute approximate surface area is 155 Å². The van der Waals surface area contributed by atoms with Gasteiger partial charge < -0.3 is 20.1 Å². The number of anilines is 1. The Kier molecular flexibility index (Phi) is 5.06. The summed E-state index contributed by atoms with van der Waals surface area (Å²) in [7, 11) is 1.24. The van der Waals surface area contributed by atoms with Crippen LogP contribution >= 0.6 is 11.6 Å². The molecule has 9 heteroatoms. The van der Waals surface area contributed by atoms with Crippen molar-refractivity contribution in [2.45, 2.75) is 30.9 Å². The molecule has 0 unspecified atom stereocenters. The number of esters is 1. The second-order valence-corrected chi connectivity index (χ2v) is 6.89. The average molecular weight is 382 g/mol. The normalized spacial score (nSPS) is 22.9. The second-order valence-electron chi connectivity index (χ2n) is 6.45. The number of methoxy groups -OCH3 is 1. The molecule has 140 valence electrons. The summed E-state index contributed by atoms with van der Waals surface area (Å²) < 4.78 is 10.2. The number of amides is 2. The number of nitrogens with zero attached hydrogens (tertiary/aromatic N) is 1. The summed E-state index contributed by atoms with van der Waals surface area (Å²) in [6.07, 6.45) is 0.399. The number of likely N-dealkylation sites (tertiary alicyclic amines) is 1. The molecule has 0 radical (unpaired) electrons. The highest BCUT2D eigenvalue weighted by Crippen LogP contribution is 2.43. The van der Waals surface area contributed by atoms with Crippen LogP contribution in [-0.4, -0.2) is 49.1 Å². The van der Waals surface area contributed by atoms with E-state index in [9.17, 15) is 14.4 Å². The molecule has 0 aliphatic carbocycles. The Hall–Kier alpha value is -2.32. The molecule has 2 aliphatic rings. The molecule has 1 saturated heterocycles. The van der Waals surface area contributed by atoms with Crippen molar-refractivity contribution < 1.29 is 23.9 Å². The van der Waals surface area contributed by atoms with Crippen molar-refractivity contribution in [3.05, 3.63) is 28.8 Å². The van der Waals surface area contributed by atoms with E-state index in [1.54, 1.807) is 18.2 Å². The monoisotopic (exact) mass is 381 g/mol. The molecule has 0 bridgehead atoms. The molecule has 26 heavy (non-hydrogen) atoms. The molecule has 8 nitrogen and oxygen atoms in total. The number of carbonyl (C=O) groups is 3. The number of piperidine rings is 1. The highest BCUT2D eigenvalue weighted by Gasteiger charge is 2.46. The fourth-order valence-electron chi connectivity index (χ4n) is 3.47. The van der Waals surface area contributed by atoms with Gasteiger partial charge >= 0.3 is 12.1 Å². The van der Waals surface area contributed by atoms with Gasteiger partial charge in [0.05, 0.1) is 31.8 Å². The Balaban J connectivity index is 1.86. The summed E-state index contributed by atoms with van der Waals surface area (Å²) in [5.41, 5.74) is 6.21. The third kappa shape index (κ3) is 3.47. The van der Waals surface area contributed by atoms with Gasteiger partial charge in [0.15, 0.2) is 5.60 Å². The van der Waals surface area contributed by atoms with E-state index in [-0.39, 0.29) is 18.9 Å². The van der Waals surface area contributed by atoms with E-state index in [0.717, 1.165) is 5.56 Å². The predicted octanol–water partition coefficient (Wildman–Crippen LogP) is 1.61. The number of nitrogens with two attached hydrogens (primary N) is 1. The minimum Gasteiger partial charge on any atom is -0.469 e. The first-order valence-corrected chi connectivity index (χ1v) is 8.63. The first-order valence-electron chi connectivity index (χ1n) is 8.26. The number of rotatable bonds is 3. The zero-order valence-electron chi connectivity index (χ0n) is 14.3. The van der Waals surface area contributed by atoms with Crippen LogP contribution in [0.5, 0.6) is 0 Å². The van der Waals surface area contributed by atoms with Gasteiger partial charge in [-0.1, -0.05) is 11.6 Å². The molecule has 2 aliphatic heterocycles. The fourth-order valence-corrected chi connectivity index (χ4v) is 3.64. The number of halogens is 1. The van der Waals surface area contributed by atoms with Gasteiger partial charge in [-0.3, -0.25) is 14.9 Å². The van der Waals surface area contributed by atoms with Crippen molar-refractivity contribution >= 4 is 35.3 Å². The SMILES string of the molecule is COC(=O)C[C@H](N)C(=O)N1CCC[C@@]2(C1)OC(=O)Nc1ccc(Cl)cc12. The van der Waals surface area contributed by atoms with Crippen LogP contribution in [0.1, 0.15) is 24.8 Å². The van der Waals surface area contributed by atoms with Gasteiger partial charge in [-0.2, -0.15) is 0 Å². The van der Waals surface area contributed by atoms with E-state index in [1.165, 1.54) is 12.0 Å². The Morgan fingerprint density at radius 3 is 3.00 bits per heavy atom. The Bertz CT molecular complexity index is 756. The van der Waals surface area contributed by atoms with Gasteiger partial charge in [-0.15, -0.1) is 0 Å². The van der Waals surface area contributed by atoms with Crippen LogP contribution in [0.15, 0.2) is 18.2 Å². The molecule has 0 saturated carbocycles. The summed E-state index contributed by atoms with van der Waals surface area (Å²) >= 11 is 6.12. The fraction of sp³-hybridized carbons (Fsp3) is 0.471. The number of benzene rings is 1. The number of carbonyl (C=O) groups excluding carboxylic acids is 3. The maximum absolute atomic E-state index is 12.6. The van der Waals surface area contributed by atoms with Crippen molar-refractivity contribution in [3.63, 3.8) is 0 Å². The summed E-state index contributed by atoms with van der Waals surface area (Å²) in [6.45, 7) is 0.623. The molecule has 2 atom stereocenters. The highest BCUT2D eigenvalue weighted by molar-refractivity contribution is 6.30. The van der Waals surface area contributed by atoms with E-state index in [0.29, 0.717) is 30.1 Å². The predicted molar refractivity (Wildman–Crippen MR) is 93.7 cm³/mol. The van der Waals surface area contributed by atoms with Crippen molar-refractivity contribution in [1.82, 2.24) is 4.90 Å². The molecule has 0 aromatic heterocycles. The summed E-state index contributed by atoms with van der Waals surface area (Å²) in [6, 6.07) is 4.12. The molecule has 1 fully saturated rings. The van der Waals surface area contributed by atoms with E-state index >= 15 is 0 Å². The van der Waals surface area contributed by atoms with Crippen molar-refractivity contribution in [2.24, 2.45) is 5.73 Å². The largest absolute Gasteiger partial charge is 0.469 e. The van der Waals surface area contributed by atoms with E-state index in [4.69, 9.17) is 22.1 Å². The molecule has 3 N–H and O–H groups in total. The standard InChI is InChI=1S/C17H20ClN3O5/c1-25-14(22)8-12(19)15(23)21-6-2-5-17(9-21)11-7-10(18)3-4-13(11)20-16(24)26-17/h3-4,7,12H,2,5-6,8-9,19H2,1H3,(H,20,24)/t12-,17-/m0/s1. The van der Waals surface area contributed by atoms with Gasteiger partial charge in [0.25, 0.3) is 0 Å². The zero-order chi connectivity index (χ0) is 18.9. The number of nitrogens with one attached hydrogen (secondary N) is 1. The maximum atomic E-state index is 12.6. The summed E-state index contributed by atoms with van der Waals surface area (Å²) in [4.78, 5) is 37.6. The smallest absolute Gasteiger partial charge is 0.412 e. The van der Waals surface area contributed by atoms with Gasteiger partial charge in [0, 0.05) is 17.1 Å². The van der Waals surface area contributed by atoms with Crippen LogP contribution in [0.3, 0.4) is 0 Å². The van der Waals surface area contributed by atoms with E-state index in [1.807, 2.05) is 0 Å². The quantitative estimate of drug-likeness (QED) is 0.769. The average Bonchev–Trinajstić information content (AvgIpc) is 2.61. The van der Waals surface area contributed by atoms with E-state index < -0.39 is 23.7 Å². The second kappa shape index (κ2) is 7.13. The number of hydrogen-bond donors (Lipinski definition) is 2. The lowest BCUT2D eigenvalue weighted by atomic mass is 9.83. The zero-order valence-corrected chi connectivity index (χ0v) is 15.0. The Morgan fingerprint density at radius 2 is 2.27 bits per heavy atom. The van der Waals surface area contributed by atoms with Crippen LogP contribution in [-0.2, 0) is 24.7 Å². The third-order valence-electron chi connectivity index (χ3n) is 4.70. The van der Waals surface area contributed by atoms with Crippen LogP contribution in [0.4, 0.5) is 10.5 Å². The van der Waals surface area contributed by atoms with Crippen LogP contribution in [0, 0.1) is 0 Å². The number of fused-ring (bicyclic) bond motifs is 2. The molecule has 1 spiro atoms. The molecular weight excluding hydrogens is 362 g/mol. The minimum atomic E-state index is -1.01. The molecular formula is C17H20ClN3O5. The first kappa shape index (κ1) is 18.5. The van der Waals surface area contributed by atoms with Crippen molar-refractivity contribution in [2.75, 3.05) is 25.5 Å². The van der Waals surface area contributed by atoms with Gasteiger partial charge in [-0.05, 0) is 31.0 Å². The highest BCUT2D eigenvalue weighted by atomic mass is 35.5. The lowest BCUT2D eigenvalue weighted by molar-refractivity contribution is -0.147. The molecule has 1 aromatic rings. The van der Waals surface area contributed by atoms with Gasteiger partial charge in [-0.25, -0.2) is 4.79 Å². The maximum Gasteiger partial charge on any atom is 0.412 e. The number of ether oxygens (including phenoxy) is 2. The lowest BCUT2D eigenvalue weighted by Gasteiger charge is -2.45.